The lowest BCUT2D eigenvalue weighted by molar-refractivity contribution is -0.145. The predicted octanol–water partition coefficient (Wildman–Crippen LogP) is 7.72. The fourth-order valence-corrected chi connectivity index (χ4v) is 6.70. The molecule has 0 amide bonds. The van der Waals surface area contributed by atoms with Gasteiger partial charge >= 0.3 is 12.1 Å². The molecule has 0 radical (unpaired) electrons. The van der Waals surface area contributed by atoms with E-state index in [0.29, 0.717) is 37.9 Å². The molecule has 1 spiro atoms. The number of halogens is 5. The van der Waals surface area contributed by atoms with Gasteiger partial charge in [0.25, 0.3) is 0 Å². The number of hydrogen-bond acceptors (Lipinski definition) is 4. The number of piperidine rings is 1. The van der Waals surface area contributed by atoms with Gasteiger partial charge in [-0.2, -0.15) is 13.2 Å². The van der Waals surface area contributed by atoms with E-state index >= 15 is 0 Å². The molecule has 3 aliphatic rings. The van der Waals surface area contributed by atoms with Gasteiger partial charge in [0.2, 0.25) is 0 Å². The van der Waals surface area contributed by atoms with E-state index in [9.17, 15) is 22.4 Å². The van der Waals surface area contributed by atoms with Gasteiger partial charge in [0, 0.05) is 19.1 Å². The van der Waals surface area contributed by atoms with E-state index < -0.39 is 23.6 Å². The molecular formula is C30H34ClF4NO3. The molecule has 2 aromatic carbocycles. The van der Waals surface area contributed by atoms with Gasteiger partial charge in [0.1, 0.15) is 17.2 Å². The van der Waals surface area contributed by atoms with Crippen molar-refractivity contribution in [2.75, 3.05) is 20.2 Å². The summed E-state index contributed by atoms with van der Waals surface area (Å²) in [5.41, 5.74) is 0.984. The molecule has 1 aliphatic carbocycles. The number of aryl methyl sites for hydroxylation is 1. The first-order chi connectivity index (χ1) is 18.4. The maximum atomic E-state index is 14.3. The summed E-state index contributed by atoms with van der Waals surface area (Å²) in [6, 6.07) is 7.25. The average molecular weight is 568 g/mol. The monoisotopic (exact) mass is 567 g/mol. The largest absolute Gasteiger partial charge is 0.487 e. The van der Waals surface area contributed by atoms with Crippen LogP contribution in [0.1, 0.15) is 80.2 Å². The van der Waals surface area contributed by atoms with Crippen LogP contribution in [0, 0.1) is 17.7 Å². The van der Waals surface area contributed by atoms with Crippen molar-refractivity contribution < 1.29 is 31.8 Å². The van der Waals surface area contributed by atoms with Crippen LogP contribution in [0.5, 0.6) is 5.75 Å². The van der Waals surface area contributed by atoms with Crippen LogP contribution in [0.25, 0.3) is 0 Å². The SMILES string of the molecule is COC(=O)[C@@H](C)[C@H](c1ccc2c(c1)OC1(CC2)CCN(C(C)c2cc(C(F)(F)F)cc(F)c2Cl)CC1)C1CC1. The Labute approximate surface area is 231 Å². The van der Waals surface area contributed by atoms with Crippen molar-refractivity contribution >= 4 is 17.6 Å². The van der Waals surface area contributed by atoms with Gasteiger partial charge in [-0.1, -0.05) is 30.7 Å². The van der Waals surface area contributed by atoms with Gasteiger partial charge in [-0.15, -0.1) is 0 Å². The van der Waals surface area contributed by atoms with Crippen molar-refractivity contribution in [1.29, 1.82) is 0 Å². The van der Waals surface area contributed by atoms with E-state index in [1.807, 2.05) is 11.8 Å². The van der Waals surface area contributed by atoms with Crippen LogP contribution in [-0.2, 0) is 22.1 Å². The Bertz CT molecular complexity index is 1240. The molecular weight excluding hydrogens is 534 g/mol. The van der Waals surface area contributed by atoms with Crippen LogP contribution in [0.4, 0.5) is 17.6 Å². The van der Waals surface area contributed by atoms with Crippen LogP contribution in [-0.4, -0.2) is 36.7 Å². The van der Waals surface area contributed by atoms with Crippen molar-refractivity contribution in [3.8, 4) is 5.75 Å². The highest BCUT2D eigenvalue weighted by Gasteiger charge is 2.43. The minimum Gasteiger partial charge on any atom is -0.487 e. The van der Waals surface area contributed by atoms with Crippen molar-refractivity contribution in [2.24, 2.45) is 11.8 Å². The Balaban J connectivity index is 1.31. The number of nitrogens with zero attached hydrogens (tertiary/aromatic N) is 1. The van der Waals surface area contributed by atoms with Gasteiger partial charge in [-0.05, 0) is 92.2 Å². The molecule has 2 aromatic rings. The van der Waals surface area contributed by atoms with Crippen molar-refractivity contribution in [3.63, 3.8) is 0 Å². The number of rotatable bonds is 6. The van der Waals surface area contributed by atoms with E-state index in [1.54, 1.807) is 6.92 Å². The lowest BCUT2D eigenvalue weighted by Crippen LogP contribution is -2.50. The van der Waals surface area contributed by atoms with E-state index in [4.69, 9.17) is 21.1 Å². The van der Waals surface area contributed by atoms with Crippen LogP contribution in [0.3, 0.4) is 0 Å². The number of fused-ring (bicyclic) bond motifs is 1. The zero-order valence-electron chi connectivity index (χ0n) is 22.4. The molecule has 1 saturated heterocycles. The summed E-state index contributed by atoms with van der Waals surface area (Å²) in [5, 5.41) is -0.266. The number of ether oxygens (including phenoxy) is 2. The first kappa shape index (κ1) is 28.2. The number of likely N-dealkylation sites (tertiary alicyclic amines) is 1. The Kier molecular flexibility index (Phi) is 7.66. The summed E-state index contributed by atoms with van der Waals surface area (Å²) in [4.78, 5) is 14.4. The summed E-state index contributed by atoms with van der Waals surface area (Å²) in [6.07, 6.45) is 0.668. The van der Waals surface area contributed by atoms with Crippen molar-refractivity contribution in [3.05, 3.63) is 63.4 Å². The zero-order chi connectivity index (χ0) is 28.1. The smallest absolute Gasteiger partial charge is 0.416 e. The number of benzene rings is 2. The second-order valence-corrected chi connectivity index (χ2v) is 11.8. The van der Waals surface area contributed by atoms with Gasteiger partial charge in [-0.25, -0.2) is 4.39 Å². The third-order valence-electron chi connectivity index (χ3n) is 8.98. The summed E-state index contributed by atoms with van der Waals surface area (Å²) < 4.78 is 65.9. The molecule has 0 N–H and O–H groups in total. The minimum absolute atomic E-state index is 0.0875. The van der Waals surface area contributed by atoms with Crippen LogP contribution in [0.15, 0.2) is 30.3 Å². The predicted molar refractivity (Wildman–Crippen MR) is 140 cm³/mol. The molecule has 0 aromatic heterocycles. The van der Waals surface area contributed by atoms with E-state index in [-0.39, 0.29) is 34.0 Å². The second kappa shape index (κ2) is 10.6. The van der Waals surface area contributed by atoms with E-state index in [0.717, 1.165) is 48.6 Å². The third kappa shape index (κ3) is 5.64. The number of alkyl halides is 3. The van der Waals surface area contributed by atoms with Gasteiger partial charge in [0.15, 0.2) is 0 Å². The summed E-state index contributed by atoms with van der Waals surface area (Å²) >= 11 is 6.12. The Hall–Kier alpha value is -2.32. The number of carbonyl (C=O) groups is 1. The molecule has 1 saturated carbocycles. The summed E-state index contributed by atoms with van der Waals surface area (Å²) in [7, 11) is 1.42. The lowest BCUT2D eigenvalue weighted by Gasteiger charge is -2.46. The molecule has 1 unspecified atom stereocenters. The Morgan fingerprint density at radius 1 is 1.13 bits per heavy atom. The van der Waals surface area contributed by atoms with Gasteiger partial charge < -0.3 is 9.47 Å². The molecule has 39 heavy (non-hydrogen) atoms. The number of esters is 1. The molecule has 2 heterocycles. The standard InChI is InChI=1S/C30H34ClF4NO3/c1-17(28(37)38-3)26(20-5-6-20)21-7-4-19-8-9-29(39-25(19)14-21)10-12-36(13-11-29)18(2)23-15-22(30(33,34)35)16-24(32)27(23)31/h4,7,14-18,20,26H,5-6,8-13H2,1-3H3/t17-,18?,26-/m0/s1. The summed E-state index contributed by atoms with van der Waals surface area (Å²) in [5.74, 6) is -0.0992. The highest BCUT2D eigenvalue weighted by molar-refractivity contribution is 6.31. The van der Waals surface area contributed by atoms with Crippen molar-refractivity contribution in [2.45, 2.75) is 76.1 Å². The molecule has 3 atom stereocenters. The maximum Gasteiger partial charge on any atom is 0.416 e. The highest BCUT2D eigenvalue weighted by atomic mass is 35.5. The Morgan fingerprint density at radius 3 is 2.44 bits per heavy atom. The first-order valence-electron chi connectivity index (χ1n) is 13.6. The molecule has 4 nitrogen and oxygen atoms in total. The topological polar surface area (TPSA) is 38.8 Å². The van der Waals surface area contributed by atoms with Crippen LogP contribution >= 0.6 is 11.6 Å². The van der Waals surface area contributed by atoms with Crippen LogP contribution < -0.4 is 4.74 Å². The normalized spacial score (nSPS) is 21.5. The van der Waals surface area contributed by atoms with Crippen LogP contribution in [0.2, 0.25) is 5.02 Å². The van der Waals surface area contributed by atoms with E-state index in [2.05, 4.69) is 18.2 Å². The average Bonchev–Trinajstić information content (AvgIpc) is 3.74. The molecule has 212 valence electrons. The number of carbonyl (C=O) groups excluding carboxylic acids is 1. The van der Waals surface area contributed by atoms with Crippen molar-refractivity contribution in [1.82, 2.24) is 4.90 Å². The zero-order valence-corrected chi connectivity index (χ0v) is 23.2. The summed E-state index contributed by atoms with van der Waals surface area (Å²) in [6.45, 7) is 4.88. The fourth-order valence-electron chi connectivity index (χ4n) is 6.43. The van der Waals surface area contributed by atoms with E-state index in [1.165, 1.54) is 7.11 Å². The fraction of sp³-hybridized carbons (Fsp3) is 0.567. The molecule has 2 aliphatic heterocycles. The Morgan fingerprint density at radius 2 is 1.82 bits per heavy atom. The van der Waals surface area contributed by atoms with Gasteiger partial charge in [0.05, 0.1) is 23.6 Å². The number of methoxy groups -OCH3 is 1. The minimum atomic E-state index is -4.65. The maximum absolute atomic E-state index is 14.3. The molecule has 2 fully saturated rings. The number of hydrogen-bond donors (Lipinski definition) is 0. The quantitative estimate of drug-likeness (QED) is 0.265. The third-order valence-corrected chi connectivity index (χ3v) is 9.38. The van der Waals surface area contributed by atoms with Gasteiger partial charge in [-0.3, -0.25) is 9.69 Å². The highest BCUT2D eigenvalue weighted by Crippen LogP contribution is 2.49. The molecule has 5 rings (SSSR count). The first-order valence-corrected chi connectivity index (χ1v) is 14.0. The lowest BCUT2D eigenvalue weighted by atomic mass is 9.80. The molecule has 9 heteroatoms. The molecule has 0 bridgehead atoms. The second-order valence-electron chi connectivity index (χ2n) is 11.4.